The highest BCUT2D eigenvalue weighted by atomic mass is 15.2. The van der Waals surface area contributed by atoms with Gasteiger partial charge in [-0.3, -0.25) is 0 Å². The van der Waals surface area contributed by atoms with Gasteiger partial charge in [-0.15, -0.1) is 0 Å². The van der Waals surface area contributed by atoms with E-state index in [0.29, 0.717) is 0 Å². The molecule has 2 atom stereocenters. The molecule has 0 radical (unpaired) electrons. The predicted molar refractivity (Wildman–Crippen MR) is 328 cm³/mol. The fraction of sp³-hybridized carbons (Fsp3) is 0.333. The van der Waals surface area contributed by atoms with E-state index in [1.54, 1.807) is 5.56 Å². The molecule has 8 aromatic carbocycles. The minimum Gasteiger partial charge on any atom is -0.400 e. The molecule has 3 aliphatic heterocycles. The third kappa shape index (κ3) is 6.48. The zero-order chi connectivity index (χ0) is 53.0. The fourth-order valence-corrected chi connectivity index (χ4v) is 14.9. The molecular weight excluding hydrogens is 918 g/mol. The normalized spacial score (nSPS) is 19.0. The molecule has 1 aliphatic carbocycles. The van der Waals surface area contributed by atoms with E-state index in [1.165, 1.54) is 140 Å². The van der Waals surface area contributed by atoms with Gasteiger partial charge in [0.05, 0.1) is 22.1 Å². The summed E-state index contributed by atoms with van der Waals surface area (Å²) in [6.45, 7) is 33.5. The molecule has 4 heteroatoms. The monoisotopic (exact) mass is 992 g/mol. The topological polar surface area (TPSA) is 13.1 Å². The number of benzene rings is 8. The van der Waals surface area contributed by atoms with E-state index in [9.17, 15) is 0 Å². The van der Waals surface area contributed by atoms with Crippen molar-refractivity contribution < 1.29 is 0 Å². The SMILES string of the molecule is CC(C)(C)c1ccc(-c2ccc3c(c2)c2cc(-c4ccc(C(C)(C)C)cc4)cc4c2n3-c2cc(C(C)(C)C)cc3c2B4N2c4c-3cc3c5cc(C(C)(C)C)ccc5n(-c5ccccc5)c3c4C3(C)CCCCC23C)cc1. The van der Waals surface area contributed by atoms with E-state index in [-0.39, 0.29) is 39.5 Å². The molecular formula is C72H74BN3. The Morgan fingerprint density at radius 3 is 1.62 bits per heavy atom. The highest BCUT2D eigenvalue weighted by Crippen LogP contribution is 2.65. The predicted octanol–water partition coefficient (Wildman–Crippen LogP) is 17.9. The van der Waals surface area contributed by atoms with Gasteiger partial charge in [-0.25, -0.2) is 0 Å². The van der Waals surface area contributed by atoms with Crippen LogP contribution in [-0.2, 0) is 27.1 Å². The summed E-state index contributed by atoms with van der Waals surface area (Å²) >= 11 is 0. The van der Waals surface area contributed by atoms with Crippen LogP contribution in [-0.4, -0.2) is 21.5 Å². The third-order valence-electron chi connectivity index (χ3n) is 19.4. The zero-order valence-corrected chi connectivity index (χ0v) is 47.6. The smallest absolute Gasteiger partial charge is 0.328 e. The first-order chi connectivity index (χ1) is 36.0. The Bertz CT molecular complexity index is 4100. The molecule has 3 nitrogen and oxygen atoms in total. The van der Waals surface area contributed by atoms with Crippen LogP contribution in [0.4, 0.5) is 5.69 Å². The minimum atomic E-state index is -0.176. The molecule has 14 rings (SSSR count). The molecule has 0 spiro atoms. The molecule has 1 fully saturated rings. The Morgan fingerprint density at radius 2 is 0.974 bits per heavy atom. The van der Waals surface area contributed by atoms with Gasteiger partial charge in [-0.1, -0.05) is 194 Å². The molecule has 0 amide bonds. The first-order valence-electron chi connectivity index (χ1n) is 28.5. The zero-order valence-electron chi connectivity index (χ0n) is 47.6. The van der Waals surface area contributed by atoms with E-state index in [0.717, 1.165) is 12.8 Å². The van der Waals surface area contributed by atoms with Gasteiger partial charge < -0.3 is 13.9 Å². The molecule has 5 heterocycles. The summed E-state index contributed by atoms with van der Waals surface area (Å²) in [6, 6.07) is 57.9. The molecule has 0 saturated heterocycles. The third-order valence-corrected chi connectivity index (χ3v) is 19.4. The Balaban J connectivity index is 1.15. The number of para-hydroxylation sites is 1. The quantitative estimate of drug-likeness (QED) is 0.161. The van der Waals surface area contributed by atoms with Crippen molar-refractivity contribution in [3.05, 3.63) is 173 Å². The first-order valence-corrected chi connectivity index (χ1v) is 28.5. The van der Waals surface area contributed by atoms with Crippen molar-refractivity contribution in [2.75, 3.05) is 4.81 Å². The van der Waals surface area contributed by atoms with Crippen molar-refractivity contribution in [1.29, 1.82) is 0 Å². The van der Waals surface area contributed by atoms with Gasteiger partial charge >= 0.3 is 6.85 Å². The van der Waals surface area contributed by atoms with Crippen LogP contribution >= 0.6 is 0 Å². The summed E-state index contributed by atoms with van der Waals surface area (Å²) in [5.74, 6) is 0. The lowest BCUT2D eigenvalue weighted by Crippen LogP contribution is -2.70. The molecule has 1 saturated carbocycles. The fourth-order valence-electron chi connectivity index (χ4n) is 14.9. The second kappa shape index (κ2) is 15.5. The van der Waals surface area contributed by atoms with E-state index in [4.69, 9.17) is 0 Å². The number of anilines is 1. The Labute approximate surface area is 452 Å². The van der Waals surface area contributed by atoms with Crippen molar-refractivity contribution >= 4 is 67.1 Å². The molecule has 4 aliphatic rings. The molecule has 2 aromatic heterocycles. The van der Waals surface area contributed by atoms with Gasteiger partial charge in [0, 0.05) is 60.7 Å². The van der Waals surface area contributed by atoms with Crippen molar-refractivity contribution in [1.82, 2.24) is 9.13 Å². The number of nitrogens with zero attached hydrogens (tertiary/aromatic N) is 3. The molecule has 0 bridgehead atoms. The molecule has 0 N–H and O–H groups in total. The van der Waals surface area contributed by atoms with Gasteiger partial charge in [0.2, 0.25) is 0 Å². The number of aromatic nitrogens is 2. The molecule has 10 aromatic rings. The van der Waals surface area contributed by atoms with Gasteiger partial charge in [0.15, 0.2) is 0 Å². The van der Waals surface area contributed by atoms with E-state index in [2.05, 4.69) is 256 Å². The number of rotatable bonds is 3. The van der Waals surface area contributed by atoms with Crippen LogP contribution in [0.1, 0.15) is 150 Å². The van der Waals surface area contributed by atoms with Gasteiger partial charge in [0.25, 0.3) is 0 Å². The highest BCUT2D eigenvalue weighted by Gasteiger charge is 2.64. The summed E-state index contributed by atoms with van der Waals surface area (Å²) < 4.78 is 5.37. The molecule has 2 unspecified atom stereocenters. The van der Waals surface area contributed by atoms with Crippen LogP contribution in [0, 0.1) is 0 Å². The lowest BCUT2D eigenvalue weighted by atomic mass is 9.42. The summed E-state index contributed by atoms with van der Waals surface area (Å²) in [7, 11) is 0. The molecule has 76 heavy (non-hydrogen) atoms. The van der Waals surface area contributed by atoms with Crippen molar-refractivity contribution in [3.8, 4) is 44.8 Å². The Kier molecular flexibility index (Phi) is 9.69. The van der Waals surface area contributed by atoms with E-state index < -0.39 is 0 Å². The maximum atomic E-state index is 3.05. The second-order valence-corrected chi connectivity index (χ2v) is 28.2. The Hall–Kier alpha value is -6.78. The lowest BCUT2D eigenvalue weighted by Gasteiger charge is -2.54. The van der Waals surface area contributed by atoms with Gasteiger partial charge in [0.1, 0.15) is 0 Å². The average molecular weight is 992 g/mol. The maximum absolute atomic E-state index is 3.05. The first kappa shape index (κ1) is 47.7. The van der Waals surface area contributed by atoms with Crippen LogP contribution in [0.15, 0.2) is 146 Å². The van der Waals surface area contributed by atoms with E-state index in [1.807, 2.05) is 0 Å². The second-order valence-electron chi connectivity index (χ2n) is 28.2. The maximum Gasteiger partial charge on any atom is 0.328 e. The summed E-state index contributed by atoms with van der Waals surface area (Å²) in [5, 5.41) is 5.37. The standard InChI is InChI=1S/C72H74BN3/c1-67(2,3)47-27-22-43(23-28-47)45-26-32-60-52(36-45)55-37-46(44-24-29-48(30-25-44)68(4,5)6)38-58-64(55)75(60)61-41-50(70(10,11)12)40-54-57-42-56-53-39-49(69(7,8)9)31-33-59(53)74(51-20-16-15-17-21-51)65(56)62-66(57)76(73(58)63(54)61)72(14)35-19-18-34-71(62,72)13/h15-17,20-33,36-42H,18-19,34-35H2,1-14H3. The van der Waals surface area contributed by atoms with Crippen molar-refractivity contribution in [2.45, 2.75) is 155 Å². The van der Waals surface area contributed by atoms with Crippen molar-refractivity contribution in [2.24, 2.45) is 0 Å². The van der Waals surface area contributed by atoms with E-state index >= 15 is 0 Å². The van der Waals surface area contributed by atoms with Crippen LogP contribution < -0.4 is 15.7 Å². The average Bonchev–Trinajstić information content (AvgIpc) is 3.41. The van der Waals surface area contributed by atoms with Crippen molar-refractivity contribution in [3.63, 3.8) is 0 Å². The largest absolute Gasteiger partial charge is 0.400 e. The summed E-state index contributed by atoms with van der Waals surface area (Å²) in [5.41, 5.74) is 26.8. The van der Waals surface area contributed by atoms with Crippen LogP contribution in [0.3, 0.4) is 0 Å². The van der Waals surface area contributed by atoms with Crippen LogP contribution in [0.5, 0.6) is 0 Å². The van der Waals surface area contributed by atoms with Gasteiger partial charge in [-0.05, 0) is 157 Å². The summed E-state index contributed by atoms with van der Waals surface area (Å²) in [6.07, 6.45) is 4.73. The highest BCUT2D eigenvalue weighted by molar-refractivity contribution is 6.93. The van der Waals surface area contributed by atoms with Crippen LogP contribution in [0.25, 0.3) is 88.4 Å². The van der Waals surface area contributed by atoms with Crippen LogP contribution in [0.2, 0.25) is 0 Å². The number of fused-ring (bicyclic) bond motifs is 14. The number of hydrogen-bond donors (Lipinski definition) is 0. The number of hydrogen-bond acceptors (Lipinski definition) is 1. The lowest BCUT2D eigenvalue weighted by molar-refractivity contribution is 0.200. The molecule has 380 valence electrons. The minimum absolute atomic E-state index is 0.00179. The Morgan fingerprint density at radius 1 is 0.434 bits per heavy atom. The summed E-state index contributed by atoms with van der Waals surface area (Å²) in [4.78, 5) is 3.05. The van der Waals surface area contributed by atoms with Gasteiger partial charge in [-0.2, -0.15) is 0 Å².